The van der Waals surface area contributed by atoms with Gasteiger partial charge in [0.25, 0.3) is 0 Å². The molecule has 0 N–H and O–H groups in total. The minimum absolute atomic E-state index is 0.0656. The number of rotatable bonds is 10. The zero-order chi connectivity index (χ0) is 22.1. The van der Waals surface area contributed by atoms with Gasteiger partial charge in [0.2, 0.25) is 0 Å². The number of hydrogen-bond donors (Lipinski definition) is 0. The summed E-state index contributed by atoms with van der Waals surface area (Å²) in [5.41, 5.74) is 1.94. The summed E-state index contributed by atoms with van der Waals surface area (Å²) >= 11 is 0. The summed E-state index contributed by atoms with van der Waals surface area (Å²) in [7, 11) is 1.37. The van der Waals surface area contributed by atoms with Crippen LogP contribution in [0.2, 0.25) is 0 Å². The number of Topliss-reactive ketones (excluding diaryl/α,β-unsaturated/α-hetero) is 1. The van der Waals surface area contributed by atoms with E-state index in [1.807, 2.05) is 60.7 Å². The fourth-order valence-electron chi connectivity index (χ4n) is 3.72. The topological polar surface area (TPSA) is 71.1 Å². The maximum Gasteiger partial charge on any atom is 0.308 e. The molecule has 31 heavy (non-hydrogen) atoms. The van der Waals surface area contributed by atoms with Gasteiger partial charge in [0.15, 0.2) is 6.29 Å². The van der Waals surface area contributed by atoms with Gasteiger partial charge < -0.3 is 18.9 Å². The van der Waals surface area contributed by atoms with Crippen LogP contribution in [0.25, 0.3) is 0 Å². The molecule has 4 atom stereocenters. The van der Waals surface area contributed by atoms with E-state index in [1.165, 1.54) is 7.11 Å². The maximum atomic E-state index is 11.8. The van der Waals surface area contributed by atoms with Crippen LogP contribution >= 0.6 is 0 Å². The fourth-order valence-corrected chi connectivity index (χ4v) is 3.72. The van der Waals surface area contributed by atoms with Crippen molar-refractivity contribution in [3.63, 3.8) is 0 Å². The van der Waals surface area contributed by atoms with Crippen LogP contribution in [-0.2, 0) is 35.1 Å². The van der Waals surface area contributed by atoms with Crippen molar-refractivity contribution < 1.29 is 28.5 Å². The second-order valence-electron chi connectivity index (χ2n) is 7.84. The van der Waals surface area contributed by atoms with Gasteiger partial charge >= 0.3 is 5.97 Å². The molecule has 0 saturated carbocycles. The van der Waals surface area contributed by atoms with E-state index in [0.29, 0.717) is 25.9 Å². The van der Waals surface area contributed by atoms with Crippen molar-refractivity contribution in [3.8, 4) is 0 Å². The summed E-state index contributed by atoms with van der Waals surface area (Å²) in [6, 6.07) is 19.5. The van der Waals surface area contributed by atoms with Gasteiger partial charge in [0.05, 0.1) is 38.4 Å². The van der Waals surface area contributed by atoms with Crippen molar-refractivity contribution in [2.75, 3.05) is 7.11 Å². The molecule has 3 rings (SSSR count). The summed E-state index contributed by atoms with van der Waals surface area (Å²) < 4.78 is 23.2. The molecule has 6 nitrogen and oxygen atoms in total. The van der Waals surface area contributed by atoms with Crippen LogP contribution in [0.3, 0.4) is 0 Å². The molecule has 0 unspecified atom stereocenters. The molecule has 2 aromatic rings. The van der Waals surface area contributed by atoms with Crippen LogP contribution in [0, 0.1) is 0 Å². The normalized spacial score (nSPS) is 21.9. The molecular formula is C25H30O6. The fraction of sp³-hybridized carbons (Fsp3) is 0.440. The minimum Gasteiger partial charge on any atom is -0.469 e. The lowest BCUT2D eigenvalue weighted by molar-refractivity contribution is -0.254. The summed E-state index contributed by atoms with van der Waals surface area (Å²) in [5, 5.41) is 0. The van der Waals surface area contributed by atoms with Crippen LogP contribution < -0.4 is 0 Å². The second-order valence-corrected chi connectivity index (χ2v) is 7.84. The third-order valence-electron chi connectivity index (χ3n) is 5.22. The van der Waals surface area contributed by atoms with Gasteiger partial charge in [-0.05, 0) is 12.5 Å². The van der Waals surface area contributed by atoms with E-state index in [0.717, 1.165) is 11.1 Å². The van der Waals surface area contributed by atoms with Crippen LogP contribution in [-0.4, -0.2) is 37.2 Å². The molecular weight excluding hydrogens is 396 g/mol. The highest BCUT2D eigenvalue weighted by Gasteiger charge is 2.34. The molecule has 1 saturated heterocycles. The van der Waals surface area contributed by atoms with Gasteiger partial charge in [0, 0.05) is 24.8 Å². The Morgan fingerprint density at radius 1 is 1.00 bits per heavy atom. The Kier molecular flexibility index (Phi) is 8.76. The third kappa shape index (κ3) is 7.58. The number of benzene rings is 2. The first kappa shape index (κ1) is 23.1. The Morgan fingerprint density at radius 3 is 2.29 bits per heavy atom. The van der Waals surface area contributed by atoms with E-state index in [4.69, 9.17) is 18.9 Å². The molecule has 0 spiro atoms. The van der Waals surface area contributed by atoms with E-state index >= 15 is 0 Å². The first-order chi connectivity index (χ1) is 15.0. The minimum atomic E-state index is -0.582. The number of ether oxygens (including phenoxy) is 4. The van der Waals surface area contributed by atoms with Crippen LogP contribution in [0.1, 0.15) is 50.0 Å². The van der Waals surface area contributed by atoms with Gasteiger partial charge in [-0.3, -0.25) is 9.59 Å². The Labute approximate surface area is 183 Å². The molecule has 1 fully saturated rings. The molecule has 0 aromatic heterocycles. The number of methoxy groups -OCH3 is 1. The number of ketones is 1. The Balaban J connectivity index is 1.69. The van der Waals surface area contributed by atoms with Crippen molar-refractivity contribution in [3.05, 3.63) is 71.8 Å². The lowest BCUT2D eigenvalue weighted by Gasteiger charge is -2.37. The molecule has 1 heterocycles. The molecule has 6 heteroatoms. The molecule has 1 aliphatic heterocycles. The highest BCUT2D eigenvalue weighted by molar-refractivity contribution is 5.76. The molecule has 0 aliphatic carbocycles. The van der Waals surface area contributed by atoms with Gasteiger partial charge in [-0.25, -0.2) is 0 Å². The van der Waals surface area contributed by atoms with Gasteiger partial charge in [-0.1, -0.05) is 60.7 Å². The van der Waals surface area contributed by atoms with E-state index in [9.17, 15) is 9.59 Å². The summed E-state index contributed by atoms with van der Waals surface area (Å²) in [4.78, 5) is 23.7. The predicted molar refractivity (Wildman–Crippen MR) is 115 cm³/mol. The molecule has 2 aromatic carbocycles. The third-order valence-corrected chi connectivity index (χ3v) is 5.22. The first-order valence-corrected chi connectivity index (χ1v) is 10.6. The SMILES string of the molecule is COC(=O)C[C@H]1C[C@@H](C[C@@H](CC(C)=O)OCc2ccccc2)O[C@@H](c2ccccc2)O1. The zero-order valence-electron chi connectivity index (χ0n) is 18.1. The van der Waals surface area contributed by atoms with Crippen LogP contribution in [0.4, 0.5) is 0 Å². The molecule has 0 bridgehead atoms. The monoisotopic (exact) mass is 426 g/mol. The van der Waals surface area contributed by atoms with Crippen molar-refractivity contribution in [1.29, 1.82) is 0 Å². The summed E-state index contributed by atoms with van der Waals surface area (Å²) in [6.45, 7) is 1.99. The molecule has 0 radical (unpaired) electrons. The first-order valence-electron chi connectivity index (χ1n) is 10.6. The molecule has 1 aliphatic rings. The summed E-state index contributed by atoms with van der Waals surface area (Å²) in [5.74, 6) is -0.256. The number of esters is 1. The van der Waals surface area contributed by atoms with Crippen LogP contribution in [0.5, 0.6) is 0 Å². The van der Waals surface area contributed by atoms with E-state index in [1.54, 1.807) is 6.92 Å². The van der Waals surface area contributed by atoms with Crippen molar-refractivity contribution in [1.82, 2.24) is 0 Å². The Morgan fingerprint density at radius 2 is 1.65 bits per heavy atom. The van der Waals surface area contributed by atoms with E-state index < -0.39 is 6.29 Å². The lowest BCUT2D eigenvalue weighted by Crippen LogP contribution is -2.37. The van der Waals surface area contributed by atoms with Crippen LogP contribution in [0.15, 0.2) is 60.7 Å². The average molecular weight is 427 g/mol. The van der Waals surface area contributed by atoms with E-state index in [2.05, 4.69) is 0 Å². The maximum absolute atomic E-state index is 11.8. The Hall–Kier alpha value is -2.54. The van der Waals surface area contributed by atoms with Crippen molar-refractivity contribution in [2.24, 2.45) is 0 Å². The van der Waals surface area contributed by atoms with Gasteiger partial charge in [-0.2, -0.15) is 0 Å². The zero-order valence-corrected chi connectivity index (χ0v) is 18.1. The standard InChI is InChI=1S/C25H30O6/c1-18(26)13-21(29-17-19-9-5-3-6-10-19)14-22-15-23(16-24(27)28-2)31-25(30-22)20-11-7-4-8-12-20/h3-12,21-23,25H,13-17H2,1-2H3/t21-,22-,23-,25-/m1/s1. The second kappa shape index (κ2) is 11.7. The van der Waals surface area contributed by atoms with Gasteiger partial charge in [-0.15, -0.1) is 0 Å². The van der Waals surface area contributed by atoms with Crippen molar-refractivity contribution >= 4 is 11.8 Å². The quantitative estimate of drug-likeness (QED) is 0.525. The number of carbonyl (C=O) groups is 2. The average Bonchev–Trinajstić information content (AvgIpc) is 2.78. The summed E-state index contributed by atoms with van der Waals surface area (Å²) in [6.07, 6.45) is 0.126. The molecule has 0 amide bonds. The molecule has 166 valence electrons. The lowest BCUT2D eigenvalue weighted by atomic mass is 9.99. The predicted octanol–water partition coefficient (Wildman–Crippen LogP) is 4.38. The van der Waals surface area contributed by atoms with Crippen molar-refractivity contribution in [2.45, 2.75) is 63.8 Å². The highest BCUT2D eigenvalue weighted by atomic mass is 16.7. The van der Waals surface area contributed by atoms with E-state index in [-0.39, 0.29) is 36.5 Å². The largest absolute Gasteiger partial charge is 0.469 e. The Bertz CT molecular complexity index is 822. The van der Waals surface area contributed by atoms with Gasteiger partial charge in [0.1, 0.15) is 5.78 Å². The number of hydrogen-bond acceptors (Lipinski definition) is 6. The smallest absolute Gasteiger partial charge is 0.308 e. The number of carbonyl (C=O) groups excluding carboxylic acids is 2. The highest BCUT2D eigenvalue weighted by Crippen LogP contribution is 2.33.